The van der Waals surface area contributed by atoms with Gasteiger partial charge in [-0.1, -0.05) is 36.4 Å². The van der Waals surface area contributed by atoms with Crippen molar-refractivity contribution in [2.24, 2.45) is 0 Å². The highest BCUT2D eigenvalue weighted by molar-refractivity contribution is 5.97. The molecule has 2 aromatic rings. The zero-order valence-corrected chi connectivity index (χ0v) is 14.3. The van der Waals surface area contributed by atoms with Gasteiger partial charge in [-0.25, -0.2) is 4.79 Å². The predicted molar refractivity (Wildman–Crippen MR) is 94.7 cm³/mol. The van der Waals surface area contributed by atoms with Gasteiger partial charge in [0.05, 0.1) is 6.54 Å². The molecule has 2 aliphatic heterocycles. The zero-order valence-electron chi connectivity index (χ0n) is 14.3. The van der Waals surface area contributed by atoms with Gasteiger partial charge in [-0.2, -0.15) is 0 Å². The Hall–Kier alpha value is -3.09. The van der Waals surface area contributed by atoms with E-state index in [4.69, 9.17) is 4.74 Å². The summed E-state index contributed by atoms with van der Waals surface area (Å²) in [5, 5.41) is 4.48. The van der Waals surface area contributed by atoms with Gasteiger partial charge in [0.25, 0.3) is 0 Å². The van der Waals surface area contributed by atoms with Crippen molar-refractivity contribution in [1.29, 1.82) is 0 Å². The van der Waals surface area contributed by atoms with Crippen LogP contribution in [0.3, 0.4) is 0 Å². The molecular weight excluding hydrogens is 334 g/mol. The lowest BCUT2D eigenvalue weighted by Crippen LogP contribution is -2.69. The monoisotopic (exact) mass is 353 g/mol. The van der Waals surface area contributed by atoms with Crippen molar-refractivity contribution in [2.45, 2.75) is 19.0 Å². The van der Waals surface area contributed by atoms with Gasteiger partial charge in [-0.3, -0.25) is 9.59 Å². The third-order valence-electron chi connectivity index (χ3n) is 4.90. The number of carbonyl (C=O) groups is 3. The van der Waals surface area contributed by atoms with Crippen LogP contribution in [0.4, 0.5) is 4.79 Å². The molecule has 3 amide bonds. The summed E-state index contributed by atoms with van der Waals surface area (Å²) in [7, 11) is 0. The van der Waals surface area contributed by atoms with Crippen LogP contribution < -0.4 is 10.1 Å². The van der Waals surface area contributed by atoms with Gasteiger partial charge in [-0.15, -0.1) is 0 Å². The lowest BCUT2D eigenvalue weighted by molar-refractivity contribution is -0.151. The number of ether oxygens (including phenoxy) is 1. The molecule has 0 aromatic heterocycles. The van der Waals surface area contributed by atoms with Crippen LogP contribution in [-0.4, -0.2) is 59.4 Å². The summed E-state index contributed by atoms with van der Waals surface area (Å²) in [6, 6.07) is 12.0. The molecule has 0 aliphatic carbocycles. The third-order valence-corrected chi connectivity index (χ3v) is 4.90. The van der Waals surface area contributed by atoms with Crippen molar-refractivity contribution in [3.8, 4) is 5.75 Å². The van der Waals surface area contributed by atoms with Crippen molar-refractivity contribution >= 4 is 28.7 Å². The Morgan fingerprint density at radius 3 is 2.73 bits per heavy atom. The van der Waals surface area contributed by atoms with Crippen LogP contribution in [0.15, 0.2) is 42.5 Å². The Balaban J connectivity index is 1.51. The molecule has 7 heteroatoms. The van der Waals surface area contributed by atoms with Crippen molar-refractivity contribution in [3.63, 3.8) is 0 Å². The number of nitrogens with zero attached hydrogens (tertiary/aromatic N) is 2. The minimum absolute atomic E-state index is 0.114. The van der Waals surface area contributed by atoms with Crippen molar-refractivity contribution < 1.29 is 19.1 Å². The number of fused-ring (bicyclic) bond motifs is 2. The first-order valence-electron chi connectivity index (χ1n) is 8.60. The Kier molecular flexibility index (Phi) is 3.99. The van der Waals surface area contributed by atoms with Gasteiger partial charge < -0.3 is 19.9 Å². The Labute approximate surface area is 150 Å². The largest absolute Gasteiger partial charge is 0.415 e. The average Bonchev–Trinajstić information content (AvgIpc) is 2.66. The second-order valence-electron chi connectivity index (χ2n) is 6.57. The maximum atomic E-state index is 12.6. The van der Waals surface area contributed by atoms with Gasteiger partial charge in [0, 0.05) is 18.5 Å². The van der Waals surface area contributed by atoms with Gasteiger partial charge >= 0.3 is 6.09 Å². The number of nitrogens with one attached hydrogen (secondary N) is 1. The minimum Gasteiger partial charge on any atom is -0.410 e. The molecule has 4 rings (SSSR count). The van der Waals surface area contributed by atoms with E-state index in [9.17, 15) is 14.4 Å². The summed E-state index contributed by atoms with van der Waals surface area (Å²) < 4.78 is 5.58. The van der Waals surface area contributed by atoms with Crippen LogP contribution in [-0.2, 0) is 9.59 Å². The summed E-state index contributed by atoms with van der Waals surface area (Å²) in [4.78, 5) is 40.0. The van der Waals surface area contributed by atoms with Crippen LogP contribution in [0.2, 0.25) is 0 Å². The molecule has 134 valence electrons. The Morgan fingerprint density at radius 1 is 1.12 bits per heavy atom. The van der Waals surface area contributed by atoms with Gasteiger partial charge in [0.15, 0.2) is 0 Å². The van der Waals surface area contributed by atoms with E-state index in [0.29, 0.717) is 18.8 Å². The Bertz CT molecular complexity index is 892. The van der Waals surface area contributed by atoms with Gasteiger partial charge in [-0.05, 0) is 18.4 Å². The highest BCUT2D eigenvalue weighted by Gasteiger charge is 2.43. The SMILES string of the molecule is C[C@@H]1NC(=O)[C@H]2CN(C(=O)Oc3cccc4ccccc34)CCN2C1=O. The van der Waals surface area contributed by atoms with E-state index in [1.54, 1.807) is 17.9 Å². The first-order chi connectivity index (χ1) is 12.5. The molecule has 1 N–H and O–H groups in total. The van der Waals surface area contributed by atoms with Crippen molar-refractivity contribution in [3.05, 3.63) is 42.5 Å². The third kappa shape index (κ3) is 2.75. The fourth-order valence-corrected chi connectivity index (χ4v) is 3.50. The lowest BCUT2D eigenvalue weighted by Gasteiger charge is -2.44. The molecular formula is C19H19N3O4. The number of piperazine rings is 2. The van der Waals surface area contributed by atoms with E-state index < -0.39 is 18.2 Å². The van der Waals surface area contributed by atoms with Crippen LogP contribution in [0.5, 0.6) is 5.75 Å². The maximum absolute atomic E-state index is 12.6. The van der Waals surface area contributed by atoms with Crippen molar-refractivity contribution in [2.75, 3.05) is 19.6 Å². The number of rotatable bonds is 1. The molecule has 0 radical (unpaired) electrons. The maximum Gasteiger partial charge on any atom is 0.415 e. The fraction of sp³-hybridized carbons (Fsp3) is 0.316. The summed E-state index contributed by atoms with van der Waals surface area (Å²) >= 11 is 0. The fourth-order valence-electron chi connectivity index (χ4n) is 3.50. The molecule has 2 aromatic carbocycles. The second kappa shape index (κ2) is 6.33. The molecule has 0 unspecified atom stereocenters. The summed E-state index contributed by atoms with van der Waals surface area (Å²) in [5.41, 5.74) is 0. The molecule has 0 saturated carbocycles. The van der Waals surface area contributed by atoms with E-state index in [-0.39, 0.29) is 18.4 Å². The number of carbonyl (C=O) groups excluding carboxylic acids is 3. The first kappa shape index (κ1) is 16.4. The van der Waals surface area contributed by atoms with Crippen LogP contribution in [0.25, 0.3) is 10.8 Å². The van der Waals surface area contributed by atoms with E-state index in [2.05, 4.69) is 5.32 Å². The predicted octanol–water partition coefficient (Wildman–Crippen LogP) is 1.37. The smallest absolute Gasteiger partial charge is 0.410 e. The molecule has 2 heterocycles. The van der Waals surface area contributed by atoms with Gasteiger partial charge in [0.2, 0.25) is 11.8 Å². The molecule has 7 nitrogen and oxygen atoms in total. The zero-order chi connectivity index (χ0) is 18.3. The van der Waals surface area contributed by atoms with Crippen LogP contribution >= 0.6 is 0 Å². The minimum atomic E-state index is -0.660. The van der Waals surface area contributed by atoms with Crippen LogP contribution in [0, 0.1) is 0 Å². The topological polar surface area (TPSA) is 79.0 Å². The molecule has 26 heavy (non-hydrogen) atoms. The Morgan fingerprint density at radius 2 is 1.88 bits per heavy atom. The number of benzene rings is 2. The summed E-state index contributed by atoms with van der Waals surface area (Å²) in [6.45, 7) is 2.46. The first-order valence-corrected chi connectivity index (χ1v) is 8.60. The van der Waals surface area contributed by atoms with Crippen molar-refractivity contribution in [1.82, 2.24) is 15.1 Å². The normalized spacial score (nSPS) is 22.8. The number of hydrogen-bond donors (Lipinski definition) is 1. The van der Waals surface area contributed by atoms with E-state index in [0.717, 1.165) is 10.8 Å². The molecule has 2 atom stereocenters. The van der Waals surface area contributed by atoms with Gasteiger partial charge in [0.1, 0.15) is 17.8 Å². The molecule has 0 bridgehead atoms. The highest BCUT2D eigenvalue weighted by Crippen LogP contribution is 2.26. The summed E-state index contributed by atoms with van der Waals surface area (Å²) in [6.07, 6.45) is -0.514. The van der Waals surface area contributed by atoms with E-state index >= 15 is 0 Å². The molecule has 0 spiro atoms. The number of hydrogen-bond acceptors (Lipinski definition) is 4. The quantitative estimate of drug-likeness (QED) is 0.840. The van der Waals surface area contributed by atoms with E-state index in [1.165, 1.54) is 4.90 Å². The lowest BCUT2D eigenvalue weighted by atomic mass is 10.1. The number of amides is 3. The van der Waals surface area contributed by atoms with E-state index in [1.807, 2.05) is 36.4 Å². The standard InChI is InChI=1S/C19H19N3O4/c1-12-18(24)22-10-9-21(11-15(22)17(23)20-12)19(25)26-16-8-4-6-13-5-2-3-7-14(13)16/h2-8,12,15H,9-11H2,1H3,(H,20,23)/t12-,15+/m0/s1. The molecule has 2 aliphatic rings. The molecule has 2 fully saturated rings. The molecule has 2 saturated heterocycles. The second-order valence-corrected chi connectivity index (χ2v) is 6.57. The highest BCUT2D eigenvalue weighted by atomic mass is 16.6. The summed E-state index contributed by atoms with van der Waals surface area (Å²) in [5.74, 6) is 0.129. The average molecular weight is 353 g/mol. The van der Waals surface area contributed by atoms with Crippen LogP contribution in [0.1, 0.15) is 6.92 Å².